The molecule has 23 heavy (non-hydrogen) atoms. The van der Waals surface area contributed by atoms with Gasteiger partial charge in [0.25, 0.3) is 0 Å². The molecule has 2 amide bonds. The van der Waals surface area contributed by atoms with Crippen molar-refractivity contribution in [2.75, 3.05) is 25.4 Å². The normalized spacial score (nSPS) is 21.2. The van der Waals surface area contributed by atoms with Gasteiger partial charge in [-0.1, -0.05) is 30.0 Å². The van der Waals surface area contributed by atoms with Crippen LogP contribution in [0.25, 0.3) is 0 Å². The van der Waals surface area contributed by atoms with Crippen molar-refractivity contribution in [3.05, 3.63) is 23.9 Å². The van der Waals surface area contributed by atoms with Crippen LogP contribution in [-0.4, -0.2) is 62.4 Å². The maximum atomic E-state index is 12.3. The van der Waals surface area contributed by atoms with E-state index in [1.54, 1.807) is 11.1 Å². The van der Waals surface area contributed by atoms with Crippen LogP contribution >= 0.6 is 24.0 Å². The predicted molar refractivity (Wildman–Crippen MR) is 91.4 cm³/mol. The molecule has 1 unspecified atom stereocenters. The number of amides is 2. The minimum Gasteiger partial charge on any atom is -0.472 e. The van der Waals surface area contributed by atoms with E-state index in [1.165, 1.54) is 16.7 Å². The number of nitrogens with zero attached hydrogens (tertiary/aromatic N) is 3. The average molecular weight is 351 g/mol. The highest BCUT2D eigenvalue weighted by molar-refractivity contribution is 8.23. The van der Waals surface area contributed by atoms with Crippen LogP contribution in [0.1, 0.15) is 12.0 Å². The highest BCUT2D eigenvalue weighted by Crippen LogP contribution is 2.21. The van der Waals surface area contributed by atoms with E-state index in [4.69, 9.17) is 17.0 Å². The molecule has 1 aromatic rings. The van der Waals surface area contributed by atoms with Crippen molar-refractivity contribution in [2.24, 2.45) is 0 Å². The van der Waals surface area contributed by atoms with Crippen molar-refractivity contribution in [1.82, 2.24) is 14.8 Å². The smallest absolute Gasteiger partial charge is 0.242 e. The maximum Gasteiger partial charge on any atom is 0.242 e. The second-order valence-corrected chi connectivity index (χ2v) is 7.19. The molecule has 2 aliphatic heterocycles. The summed E-state index contributed by atoms with van der Waals surface area (Å²) >= 11 is 6.40. The third-order valence-corrected chi connectivity index (χ3v) is 5.24. The van der Waals surface area contributed by atoms with E-state index >= 15 is 0 Å². The lowest BCUT2D eigenvalue weighted by molar-refractivity contribution is -0.135. The molecule has 0 spiro atoms. The van der Waals surface area contributed by atoms with E-state index < -0.39 is 0 Å². The molecule has 3 rings (SSSR count). The van der Waals surface area contributed by atoms with Gasteiger partial charge in [-0.15, -0.1) is 0 Å². The number of thioether (sulfide) groups is 1. The number of aromatic nitrogens is 1. The Morgan fingerprint density at radius 3 is 3.00 bits per heavy atom. The Bertz CT molecular complexity index is 619. The number of thiocarbonyl (C=S) groups is 1. The number of pyridine rings is 1. The number of rotatable bonds is 4. The molecule has 6 nitrogen and oxygen atoms in total. The first-order valence-corrected chi connectivity index (χ1v) is 8.76. The largest absolute Gasteiger partial charge is 0.472 e. The van der Waals surface area contributed by atoms with Crippen molar-refractivity contribution in [2.45, 2.75) is 19.4 Å². The van der Waals surface area contributed by atoms with Gasteiger partial charge in [-0.05, 0) is 12.5 Å². The Hall–Kier alpha value is -1.67. The first-order chi connectivity index (χ1) is 11.0. The number of ether oxygens (including phenoxy) is 1. The molecule has 2 fully saturated rings. The zero-order valence-corrected chi connectivity index (χ0v) is 14.4. The van der Waals surface area contributed by atoms with Gasteiger partial charge < -0.3 is 9.64 Å². The van der Waals surface area contributed by atoms with Crippen LogP contribution in [0.2, 0.25) is 0 Å². The van der Waals surface area contributed by atoms with Crippen LogP contribution in [0.4, 0.5) is 0 Å². The van der Waals surface area contributed by atoms with Gasteiger partial charge in [0.05, 0.1) is 12.3 Å². The topological polar surface area (TPSA) is 62.7 Å². The van der Waals surface area contributed by atoms with Crippen LogP contribution in [0.3, 0.4) is 0 Å². The maximum absolute atomic E-state index is 12.3. The standard InChI is InChI=1S/C15H17N3O3S2/c1-10-2-3-12(16-6-10)21-11-4-5-17(7-11)13(19)8-18-14(20)9-23-15(18)22/h2-3,6,11H,4-5,7-9H2,1H3. The Morgan fingerprint density at radius 2 is 2.35 bits per heavy atom. The van der Waals surface area contributed by atoms with Crippen molar-refractivity contribution in [3.63, 3.8) is 0 Å². The number of aryl methyl sites for hydroxylation is 1. The van der Waals surface area contributed by atoms with Crippen molar-refractivity contribution in [3.8, 4) is 5.88 Å². The third kappa shape index (κ3) is 3.81. The second kappa shape index (κ2) is 6.84. The molecular formula is C15H17N3O3S2. The third-order valence-electron chi connectivity index (χ3n) is 3.80. The summed E-state index contributed by atoms with van der Waals surface area (Å²) < 4.78 is 6.29. The molecule has 122 valence electrons. The van der Waals surface area contributed by atoms with Gasteiger partial charge in [-0.2, -0.15) is 0 Å². The molecule has 0 bridgehead atoms. The minimum absolute atomic E-state index is 0.0279. The van der Waals surface area contributed by atoms with Crippen molar-refractivity contribution < 1.29 is 14.3 Å². The Morgan fingerprint density at radius 1 is 1.52 bits per heavy atom. The van der Waals surface area contributed by atoms with Gasteiger partial charge in [0, 0.05) is 25.2 Å². The fraction of sp³-hybridized carbons (Fsp3) is 0.467. The zero-order chi connectivity index (χ0) is 16.4. The van der Waals surface area contributed by atoms with Crippen LogP contribution in [0, 0.1) is 6.92 Å². The molecule has 2 saturated heterocycles. The second-order valence-electron chi connectivity index (χ2n) is 5.58. The molecule has 3 heterocycles. The number of carbonyl (C=O) groups is 2. The molecule has 2 aliphatic rings. The van der Waals surface area contributed by atoms with E-state index in [9.17, 15) is 9.59 Å². The highest BCUT2D eigenvalue weighted by atomic mass is 32.2. The van der Waals surface area contributed by atoms with Crippen molar-refractivity contribution >= 4 is 40.1 Å². The van der Waals surface area contributed by atoms with Gasteiger partial charge in [-0.25, -0.2) is 4.98 Å². The lowest BCUT2D eigenvalue weighted by Crippen LogP contribution is -2.41. The zero-order valence-electron chi connectivity index (χ0n) is 12.7. The van der Waals surface area contributed by atoms with E-state index in [-0.39, 0.29) is 24.5 Å². The first kappa shape index (κ1) is 16.2. The van der Waals surface area contributed by atoms with E-state index in [1.807, 2.05) is 19.1 Å². The van der Waals surface area contributed by atoms with E-state index in [0.29, 0.717) is 29.0 Å². The molecule has 0 aliphatic carbocycles. The molecule has 1 aromatic heterocycles. The quantitative estimate of drug-likeness (QED) is 0.761. The average Bonchev–Trinajstić information content (AvgIpc) is 3.11. The summed E-state index contributed by atoms with van der Waals surface area (Å²) in [5.41, 5.74) is 1.07. The van der Waals surface area contributed by atoms with Gasteiger partial charge >= 0.3 is 0 Å². The van der Waals surface area contributed by atoms with Crippen LogP contribution in [0.15, 0.2) is 18.3 Å². The monoisotopic (exact) mass is 351 g/mol. The minimum atomic E-state index is -0.0933. The Kier molecular flexibility index (Phi) is 4.82. The Labute approximate surface area is 144 Å². The van der Waals surface area contributed by atoms with E-state index in [0.717, 1.165) is 12.0 Å². The highest BCUT2D eigenvalue weighted by Gasteiger charge is 2.33. The summed E-state index contributed by atoms with van der Waals surface area (Å²) in [5, 5.41) is 0. The van der Waals surface area contributed by atoms with Crippen molar-refractivity contribution in [1.29, 1.82) is 0 Å². The van der Waals surface area contributed by atoms with Gasteiger partial charge in [0.1, 0.15) is 17.0 Å². The summed E-state index contributed by atoms with van der Waals surface area (Å²) in [6.07, 6.45) is 2.45. The summed E-state index contributed by atoms with van der Waals surface area (Å²) in [5.74, 6) is 0.717. The Balaban J connectivity index is 1.52. The molecule has 0 N–H and O–H groups in total. The molecule has 0 aromatic carbocycles. The van der Waals surface area contributed by atoms with E-state index in [2.05, 4.69) is 4.98 Å². The molecule has 0 radical (unpaired) electrons. The summed E-state index contributed by atoms with van der Waals surface area (Å²) in [6, 6.07) is 3.77. The van der Waals surface area contributed by atoms with Gasteiger partial charge in [-0.3, -0.25) is 14.5 Å². The lowest BCUT2D eigenvalue weighted by Gasteiger charge is -2.20. The number of carbonyl (C=O) groups excluding carboxylic acids is 2. The fourth-order valence-corrected chi connectivity index (χ4v) is 3.58. The molecule has 8 heteroatoms. The number of hydrogen-bond acceptors (Lipinski definition) is 6. The number of hydrogen-bond donors (Lipinski definition) is 0. The van der Waals surface area contributed by atoms with Crippen LogP contribution in [0.5, 0.6) is 5.88 Å². The predicted octanol–water partition coefficient (Wildman–Crippen LogP) is 1.23. The molecular weight excluding hydrogens is 334 g/mol. The SMILES string of the molecule is Cc1ccc(OC2CCN(C(=O)CN3C(=O)CSC3=S)C2)nc1. The van der Waals surface area contributed by atoms with Gasteiger partial charge in [0.15, 0.2) is 0 Å². The fourth-order valence-electron chi connectivity index (χ4n) is 2.51. The molecule has 0 saturated carbocycles. The van der Waals surface area contributed by atoms with Crippen LogP contribution < -0.4 is 4.74 Å². The number of likely N-dealkylation sites (tertiary alicyclic amines) is 1. The lowest BCUT2D eigenvalue weighted by atomic mass is 10.3. The summed E-state index contributed by atoms with van der Waals surface area (Å²) in [7, 11) is 0. The molecule has 1 atom stereocenters. The van der Waals surface area contributed by atoms with Gasteiger partial charge in [0.2, 0.25) is 17.7 Å². The van der Waals surface area contributed by atoms with Crippen LogP contribution in [-0.2, 0) is 9.59 Å². The first-order valence-electron chi connectivity index (χ1n) is 7.37. The summed E-state index contributed by atoms with van der Waals surface area (Å²) in [4.78, 5) is 31.3. The summed E-state index contributed by atoms with van der Waals surface area (Å²) in [6.45, 7) is 3.13.